The van der Waals surface area contributed by atoms with E-state index < -0.39 is 0 Å². The Bertz CT molecular complexity index is 394. The van der Waals surface area contributed by atoms with E-state index in [0.717, 1.165) is 17.4 Å². The molecule has 0 radical (unpaired) electrons. The topological polar surface area (TPSA) is 41.5 Å². The number of methoxy groups -OCH3 is 1. The summed E-state index contributed by atoms with van der Waals surface area (Å²) in [5, 5.41) is 13.1. The standard InChI is InChI=1S/C16H25NO2/c1-12-6-5-7-13(10-12)15(11-18)17-14-8-3-4-9-16(14)19-2/h3-4,8-9,12-13,15,17-18H,5-7,10-11H2,1-2H3. The monoisotopic (exact) mass is 263 g/mol. The first-order valence-electron chi connectivity index (χ1n) is 7.25. The van der Waals surface area contributed by atoms with Crippen LogP contribution < -0.4 is 10.1 Å². The molecule has 0 saturated heterocycles. The minimum Gasteiger partial charge on any atom is -0.495 e. The first-order valence-corrected chi connectivity index (χ1v) is 7.25. The van der Waals surface area contributed by atoms with E-state index in [1.807, 2.05) is 24.3 Å². The highest BCUT2D eigenvalue weighted by atomic mass is 16.5. The molecule has 106 valence electrons. The number of hydrogen-bond acceptors (Lipinski definition) is 3. The fourth-order valence-electron chi connectivity index (χ4n) is 3.12. The van der Waals surface area contributed by atoms with Crippen LogP contribution in [0.3, 0.4) is 0 Å². The molecule has 3 unspecified atom stereocenters. The molecule has 19 heavy (non-hydrogen) atoms. The third-order valence-electron chi connectivity index (χ3n) is 4.19. The van der Waals surface area contributed by atoms with Crippen molar-refractivity contribution < 1.29 is 9.84 Å². The second-order valence-corrected chi connectivity index (χ2v) is 5.67. The first-order chi connectivity index (χ1) is 9.24. The van der Waals surface area contributed by atoms with Gasteiger partial charge in [-0.1, -0.05) is 31.9 Å². The van der Waals surface area contributed by atoms with Crippen LogP contribution in [-0.2, 0) is 0 Å². The van der Waals surface area contributed by atoms with Crippen LogP contribution in [0.25, 0.3) is 0 Å². The lowest BCUT2D eigenvalue weighted by Gasteiger charge is -2.33. The molecule has 0 amide bonds. The molecule has 1 aliphatic rings. The maximum atomic E-state index is 9.69. The van der Waals surface area contributed by atoms with Gasteiger partial charge in [0, 0.05) is 0 Å². The van der Waals surface area contributed by atoms with Gasteiger partial charge in [0.15, 0.2) is 0 Å². The quantitative estimate of drug-likeness (QED) is 0.856. The molecular formula is C16H25NO2. The van der Waals surface area contributed by atoms with Crippen molar-refractivity contribution in [2.75, 3.05) is 19.0 Å². The van der Waals surface area contributed by atoms with Crippen LogP contribution in [0, 0.1) is 11.8 Å². The van der Waals surface area contributed by atoms with Crippen molar-refractivity contribution in [3.8, 4) is 5.75 Å². The summed E-state index contributed by atoms with van der Waals surface area (Å²) in [7, 11) is 1.68. The second kappa shape index (κ2) is 6.80. The van der Waals surface area contributed by atoms with Gasteiger partial charge in [-0.05, 0) is 36.8 Å². The number of ether oxygens (including phenoxy) is 1. The number of hydrogen-bond donors (Lipinski definition) is 2. The van der Waals surface area contributed by atoms with Gasteiger partial charge in [-0.2, -0.15) is 0 Å². The molecule has 0 aromatic heterocycles. The Balaban J connectivity index is 2.05. The molecule has 3 nitrogen and oxygen atoms in total. The van der Waals surface area contributed by atoms with Crippen LogP contribution in [0.2, 0.25) is 0 Å². The van der Waals surface area contributed by atoms with Gasteiger partial charge >= 0.3 is 0 Å². The van der Waals surface area contributed by atoms with E-state index >= 15 is 0 Å². The highest BCUT2D eigenvalue weighted by molar-refractivity contribution is 5.56. The van der Waals surface area contributed by atoms with Gasteiger partial charge < -0.3 is 15.2 Å². The molecule has 1 saturated carbocycles. The van der Waals surface area contributed by atoms with Crippen LogP contribution in [0.5, 0.6) is 5.75 Å². The van der Waals surface area contributed by atoms with Crippen LogP contribution in [0.4, 0.5) is 5.69 Å². The van der Waals surface area contributed by atoms with Crippen molar-refractivity contribution in [1.82, 2.24) is 0 Å². The predicted octanol–water partition coefficient (Wildman–Crippen LogP) is 3.29. The number of aliphatic hydroxyl groups is 1. The van der Waals surface area contributed by atoms with E-state index in [-0.39, 0.29) is 12.6 Å². The lowest BCUT2D eigenvalue weighted by Crippen LogP contribution is -2.35. The zero-order chi connectivity index (χ0) is 13.7. The smallest absolute Gasteiger partial charge is 0.141 e. The summed E-state index contributed by atoms with van der Waals surface area (Å²) < 4.78 is 5.36. The summed E-state index contributed by atoms with van der Waals surface area (Å²) in [4.78, 5) is 0. The van der Waals surface area contributed by atoms with Crippen molar-refractivity contribution in [2.45, 2.75) is 38.6 Å². The maximum absolute atomic E-state index is 9.69. The summed E-state index contributed by atoms with van der Waals surface area (Å²) in [6, 6.07) is 8.02. The lowest BCUT2D eigenvalue weighted by atomic mass is 9.78. The number of aliphatic hydroxyl groups excluding tert-OH is 1. The van der Waals surface area contributed by atoms with Gasteiger partial charge in [-0.3, -0.25) is 0 Å². The second-order valence-electron chi connectivity index (χ2n) is 5.67. The van der Waals surface area contributed by atoms with Gasteiger partial charge in [0.25, 0.3) is 0 Å². The summed E-state index contributed by atoms with van der Waals surface area (Å²) in [6.07, 6.45) is 5.00. The number of benzene rings is 1. The Hall–Kier alpha value is -1.22. The Morgan fingerprint density at radius 1 is 1.37 bits per heavy atom. The van der Waals surface area contributed by atoms with Gasteiger partial charge in [-0.15, -0.1) is 0 Å². The summed E-state index contributed by atoms with van der Waals surface area (Å²) >= 11 is 0. The third kappa shape index (κ3) is 3.63. The van der Waals surface area contributed by atoms with E-state index in [0.29, 0.717) is 5.92 Å². The largest absolute Gasteiger partial charge is 0.495 e. The molecule has 0 spiro atoms. The fourth-order valence-corrected chi connectivity index (χ4v) is 3.12. The summed E-state index contributed by atoms with van der Waals surface area (Å²) in [5.41, 5.74) is 0.974. The van der Waals surface area contributed by atoms with Crippen molar-refractivity contribution >= 4 is 5.69 Å². The molecule has 1 aromatic carbocycles. The zero-order valence-electron chi connectivity index (χ0n) is 11.9. The van der Waals surface area contributed by atoms with Gasteiger partial charge in [-0.25, -0.2) is 0 Å². The van der Waals surface area contributed by atoms with E-state index in [2.05, 4.69) is 12.2 Å². The van der Waals surface area contributed by atoms with E-state index in [9.17, 15) is 5.11 Å². The summed E-state index contributed by atoms with van der Waals surface area (Å²) in [5.74, 6) is 2.16. The number of nitrogens with one attached hydrogen (secondary N) is 1. The summed E-state index contributed by atoms with van der Waals surface area (Å²) in [6.45, 7) is 2.49. The molecule has 2 rings (SSSR count). The van der Waals surface area contributed by atoms with Gasteiger partial charge in [0.2, 0.25) is 0 Å². The molecule has 0 aliphatic heterocycles. The average molecular weight is 263 g/mol. The molecule has 1 aromatic rings. The minimum absolute atomic E-state index is 0.124. The predicted molar refractivity (Wildman–Crippen MR) is 78.6 cm³/mol. The molecule has 1 aliphatic carbocycles. The molecule has 2 N–H and O–H groups in total. The van der Waals surface area contributed by atoms with Gasteiger partial charge in [0.1, 0.15) is 5.75 Å². The van der Waals surface area contributed by atoms with E-state index in [4.69, 9.17) is 4.74 Å². The van der Waals surface area contributed by atoms with Crippen LogP contribution >= 0.6 is 0 Å². The SMILES string of the molecule is COc1ccccc1NC(CO)C1CCCC(C)C1. The fraction of sp³-hybridized carbons (Fsp3) is 0.625. The van der Waals surface area contributed by atoms with Crippen molar-refractivity contribution in [1.29, 1.82) is 0 Å². The van der Waals surface area contributed by atoms with Crippen LogP contribution in [0.15, 0.2) is 24.3 Å². The highest BCUT2D eigenvalue weighted by Crippen LogP contribution is 2.33. The maximum Gasteiger partial charge on any atom is 0.141 e. The van der Waals surface area contributed by atoms with E-state index in [1.165, 1.54) is 25.7 Å². The minimum atomic E-state index is 0.124. The van der Waals surface area contributed by atoms with Crippen LogP contribution in [-0.4, -0.2) is 24.9 Å². The molecule has 3 heteroatoms. The molecular weight excluding hydrogens is 238 g/mol. The number of anilines is 1. The number of para-hydroxylation sites is 2. The Morgan fingerprint density at radius 3 is 2.84 bits per heavy atom. The average Bonchev–Trinajstić information content (AvgIpc) is 2.45. The zero-order valence-corrected chi connectivity index (χ0v) is 11.9. The van der Waals surface area contributed by atoms with Crippen LogP contribution in [0.1, 0.15) is 32.6 Å². The Morgan fingerprint density at radius 2 is 2.16 bits per heavy atom. The third-order valence-corrected chi connectivity index (χ3v) is 4.19. The van der Waals surface area contributed by atoms with Crippen molar-refractivity contribution in [3.63, 3.8) is 0 Å². The number of rotatable bonds is 5. The molecule has 3 atom stereocenters. The van der Waals surface area contributed by atoms with E-state index in [1.54, 1.807) is 7.11 Å². The Kier molecular flexibility index (Phi) is 5.08. The van der Waals surface area contributed by atoms with Gasteiger partial charge in [0.05, 0.1) is 25.4 Å². The highest BCUT2D eigenvalue weighted by Gasteiger charge is 2.26. The Labute approximate surface area is 116 Å². The van der Waals surface area contributed by atoms with Crippen molar-refractivity contribution in [3.05, 3.63) is 24.3 Å². The normalized spacial score (nSPS) is 24.8. The molecule has 1 fully saturated rings. The van der Waals surface area contributed by atoms with Crippen molar-refractivity contribution in [2.24, 2.45) is 11.8 Å². The first kappa shape index (κ1) is 14.2. The lowest BCUT2D eigenvalue weighted by molar-refractivity contribution is 0.187. The molecule has 0 heterocycles. The molecule has 0 bridgehead atoms.